The number of halogens is 1. The number of benzene rings is 2. The van der Waals surface area contributed by atoms with Crippen LogP contribution in [0, 0.1) is 11.3 Å². The second-order valence-corrected chi connectivity index (χ2v) is 4.42. The molecule has 0 unspecified atom stereocenters. The number of nitrogens with one attached hydrogen (secondary N) is 1. The van der Waals surface area contributed by atoms with Gasteiger partial charge in [0.2, 0.25) is 0 Å². The Morgan fingerprint density at radius 3 is 2.84 bits per heavy atom. The predicted molar refractivity (Wildman–Crippen MR) is 76.5 cm³/mol. The van der Waals surface area contributed by atoms with E-state index in [1.165, 1.54) is 0 Å². The summed E-state index contributed by atoms with van der Waals surface area (Å²) < 4.78 is 5.16. The van der Waals surface area contributed by atoms with E-state index in [0.29, 0.717) is 22.9 Å². The van der Waals surface area contributed by atoms with Gasteiger partial charge in [0.05, 0.1) is 23.8 Å². The van der Waals surface area contributed by atoms with E-state index in [-0.39, 0.29) is 0 Å². The van der Waals surface area contributed by atoms with Gasteiger partial charge < -0.3 is 10.1 Å². The van der Waals surface area contributed by atoms with Crippen LogP contribution >= 0.6 is 11.6 Å². The minimum atomic E-state index is 0.583. The molecule has 2 aromatic rings. The second-order valence-electron chi connectivity index (χ2n) is 4.02. The third-order valence-corrected chi connectivity index (χ3v) is 3.02. The zero-order valence-electron chi connectivity index (χ0n) is 10.5. The highest BCUT2D eigenvalue weighted by molar-refractivity contribution is 6.32. The zero-order valence-corrected chi connectivity index (χ0v) is 11.2. The van der Waals surface area contributed by atoms with Gasteiger partial charge in [-0.2, -0.15) is 5.26 Å². The highest BCUT2D eigenvalue weighted by atomic mass is 35.5. The van der Waals surface area contributed by atoms with Crippen molar-refractivity contribution in [3.05, 3.63) is 58.6 Å². The Labute approximate surface area is 117 Å². The molecule has 0 aliphatic carbocycles. The maximum atomic E-state index is 8.84. The molecule has 0 aromatic heterocycles. The van der Waals surface area contributed by atoms with Gasteiger partial charge in [0.1, 0.15) is 5.75 Å². The van der Waals surface area contributed by atoms with Crippen molar-refractivity contribution in [3.63, 3.8) is 0 Å². The molecule has 19 heavy (non-hydrogen) atoms. The fourth-order valence-corrected chi connectivity index (χ4v) is 1.92. The normalized spacial score (nSPS) is 9.74. The third kappa shape index (κ3) is 3.40. The van der Waals surface area contributed by atoms with Gasteiger partial charge >= 0.3 is 0 Å². The lowest BCUT2D eigenvalue weighted by Crippen LogP contribution is -2.00. The first-order valence-electron chi connectivity index (χ1n) is 5.79. The summed E-state index contributed by atoms with van der Waals surface area (Å²) >= 11 is 5.96. The van der Waals surface area contributed by atoms with Crippen molar-refractivity contribution in [3.8, 4) is 11.8 Å². The van der Waals surface area contributed by atoms with Crippen LogP contribution in [0.25, 0.3) is 0 Å². The van der Waals surface area contributed by atoms with Crippen molar-refractivity contribution in [1.82, 2.24) is 0 Å². The van der Waals surface area contributed by atoms with Gasteiger partial charge in [-0.3, -0.25) is 0 Å². The maximum absolute atomic E-state index is 8.84. The number of nitriles is 1. The Morgan fingerprint density at radius 2 is 2.11 bits per heavy atom. The van der Waals surface area contributed by atoms with Crippen molar-refractivity contribution < 1.29 is 4.74 Å². The van der Waals surface area contributed by atoms with E-state index < -0.39 is 0 Å². The van der Waals surface area contributed by atoms with Crippen LogP contribution in [0.3, 0.4) is 0 Å². The fraction of sp³-hybridized carbons (Fsp3) is 0.133. The van der Waals surface area contributed by atoms with Crippen LogP contribution in [0.4, 0.5) is 5.69 Å². The SMILES string of the molecule is COc1cc(NCc2cccc(C#N)c2)ccc1Cl. The molecule has 0 heterocycles. The largest absolute Gasteiger partial charge is 0.495 e. The molecule has 1 N–H and O–H groups in total. The summed E-state index contributed by atoms with van der Waals surface area (Å²) in [5.41, 5.74) is 2.63. The van der Waals surface area contributed by atoms with Gasteiger partial charge in [0.15, 0.2) is 0 Å². The summed E-state index contributed by atoms with van der Waals surface area (Å²) in [6.45, 7) is 0.639. The van der Waals surface area contributed by atoms with Crippen molar-refractivity contribution in [2.75, 3.05) is 12.4 Å². The number of rotatable bonds is 4. The number of methoxy groups -OCH3 is 1. The molecule has 0 bridgehead atoms. The van der Waals surface area contributed by atoms with Crippen molar-refractivity contribution >= 4 is 17.3 Å². The summed E-state index contributed by atoms with van der Waals surface area (Å²) in [4.78, 5) is 0. The average molecular weight is 273 g/mol. The van der Waals surface area contributed by atoms with E-state index in [4.69, 9.17) is 21.6 Å². The quantitative estimate of drug-likeness (QED) is 0.920. The number of ether oxygens (including phenoxy) is 1. The molecular weight excluding hydrogens is 260 g/mol. The average Bonchev–Trinajstić information content (AvgIpc) is 2.46. The van der Waals surface area contributed by atoms with E-state index >= 15 is 0 Å². The summed E-state index contributed by atoms with van der Waals surface area (Å²) in [6.07, 6.45) is 0. The Morgan fingerprint density at radius 1 is 1.26 bits per heavy atom. The molecule has 0 saturated carbocycles. The van der Waals surface area contributed by atoms with E-state index in [9.17, 15) is 0 Å². The number of hydrogen-bond donors (Lipinski definition) is 1. The summed E-state index contributed by atoms with van der Waals surface area (Å²) in [7, 11) is 1.58. The molecule has 4 heteroatoms. The lowest BCUT2D eigenvalue weighted by atomic mass is 10.1. The second kappa shape index (κ2) is 6.12. The minimum absolute atomic E-state index is 0.583. The van der Waals surface area contributed by atoms with E-state index in [1.807, 2.05) is 30.3 Å². The first kappa shape index (κ1) is 13.3. The molecule has 0 amide bonds. The van der Waals surface area contributed by atoms with Gasteiger partial charge in [0.25, 0.3) is 0 Å². The van der Waals surface area contributed by atoms with Crippen LogP contribution in [-0.4, -0.2) is 7.11 Å². The van der Waals surface area contributed by atoms with Crippen molar-refractivity contribution in [2.45, 2.75) is 6.54 Å². The van der Waals surface area contributed by atoms with Crippen LogP contribution in [-0.2, 0) is 6.54 Å². The lowest BCUT2D eigenvalue weighted by molar-refractivity contribution is 0.415. The highest BCUT2D eigenvalue weighted by Crippen LogP contribution is 2.27. The van der Waals surface area contributed by atoms with Gasteiger partial charge in [-0.15, -0.1) is 0 Å². The smallest absolute Gasteiger partial charge is 0.139 e. The molecule has 96 valence electrons. The Hall–Kier alpha value is -2.18. The minimum Gasteiger partial charge on any atom is -0.495 e. The van der Waals surface area contributed by atoms with Crippen LogP contribution in [0.2, 0.25) is 5.02 Å². The Kier molecular flexibility index (Phi) is 4.27. The Balaban J connectivity index is 2.08. The summed E-state index contributed by atoms with van der Waals surface area (Å²) in [6, 6.07) is 15.1. The van der Waals surface area contributed by atoms with Crippen LogP contribution in [0.5, 0.6) is 5.75 Å². The van der Waals surface area contributed by atoms with Crippen LogP contribution in [0.15, 0.2) is 42.5 Å². The molecule has 2 rings (SSSR count). The van der Waals surface area contributed by atoms with E-state index in [0.717, 1.165) is 11.3 Å². The monoisotopic (exact) mass is 272 g/mol. The van der Waals surface area contributed by atoms with Crippen molar-refractivity contribution in [2.24, 2.45) is 0 Å². The highest BCUT2D eigenvalue weighted by Gasteiger charge is 2.02. The standard InChI is InChI=1S/C15H13ClN2O/c1-19-15-8-13(5-6-14(15)16)18-10-12-4-2-3-11(7-12)9-17/h2-8,18H,10H2,1H3. The molecule has 0 spiro atoms. The molecule has 0 radical (unpaired) electrons. The van der Waals surface area contributed by atoms with Gasteiger partial charge in [-0.05, 0) is 29.8 Å². The molecule has 2 aromatic carbocycles. The molecule has 0 atom stereocenters. The number of hydrogen-bond acceptors (Lipinski definition) is 3. The predicted octanol–water partition coefficient (Wildman–Crippen LogP) is 3.83. The lowest BCUT2D eigenvalue weighted by Gasteiger charge is -2.09. The Bertz CT molecular complexity index is 620. The fourth-order valence-electron chi connectivity index (χ4n) is 1.72. The number of anilines is 1. The topological polar surface area (TPSA) is 45.0 Å². The summed E-state index contributed by atoms with van der Waals surface area (Å²) in [5.74, 6) is 0.637. The molecule has 0 aliphatic heterocycles. The zero-order chi connectivity index (χ0) is 13.7. The molecule has 0 saturated heterocycles. The molecule has 3 nitrogen and oxygen atoms in total. The number of nitrogens with zero attached hydrogens (tertiary/aromatic N) is 1. The molecule has 0 aliphatic rings. The van der Waals surface area contributed by atoms with Gasteiger partial charge in [0, 0.05) is 18.3 Å². The van der Waals surface area contributed by atoms with Crippen molar-refractivity contribution in [1.29, 1.82) is 5.26 Å². The van der Waals surface area contributed by atoms with Crippen LogP contribution < -0.4 is 10.1 Å². The van der Waals surface area contributed by atoms with E-state index in [2.05, 4.69) is 11.4 Å². The molecular formula is C15H13ClN2O. The first-order valence-corrected chi connectivity index (χ1v) is 6.17. The van der Waals surface area contributed by atoms with Gasteiger partial charge in [-0.25, -0.2) is 0 Å². The van der Waals surface area contributed by atoms with Gasteiger partial charge in [-0.1, -0.05) is 23.7 Å². The first-order chi connectivity index (χ1) is 9.22. The molecule has 0 fully saturated rings. The third-order valence-electron chi connectivity index (χ3n) is 2.70. The van der Waals surface area contributed by atoms with Crippen LogP contribution in [0.1, 0.15) is 11.1 Å². The van der Waals surface area contributed by atoms with E-state index in [1.54, 1.807) is 19.2 Å². The maximum Gasteiger partial charge on any atom is 0.139 e. The summed E-state index contributed by atoms with van der Waals surface area (Å²) in [5, 5.41) is 12.7.